The SMILES string of the molecule is CCC(C)(C)CCc1cccc2c(O)cccc12. The van der Waals surface area contributed by atoms with Crippen LogP contribution in [-0.2, 0) is 6.42 Å². The van der Waals surface area contributed by atoms with E-state index in [0.717, 1.165) is 11.8 Å². The number of phenols is 1. The summed E-state index contributed by atoms with van der Waals surface area (Å²) in [7, 11) is 0. The van der Waals surface area contributed by atoms with E-state index < -0.39 is 0 Å². The molecule has 96 valence electrons. The van der Waals surface area contributed by atoms with Gasteiger partial charge in [-0.15, -0.1) is 0 Å². The summed E-state index contributed by atoms with van der Waals surface area (Å²) in [5.41, 5.74) is 1.73. The van der Waals surface area contributed by atoms with Crippen molar-refractivity contribution < 1.29 is 5.11 Å². The Kier molecular flexibility index (Phi) is 3.60. The Morgan fingerprint density at radius 1 is 1.00 bits per heavy atom. The van der Waals surface area contributed by atoms with E-state index in [1.165, 1.54) is 23.8 Å². The molecule has 2 rings (SSSR count). The van der Waals surface area contributed by atoms with Gasteiger partial charge in [-0.1, -0.05) is 57.5 Å². The topological polar surface area (TPSA) is 20.2 Å². The summed E-state index contributed by atoms with van der Waals surface area (Å²) in [6.07, 6.45) is 3.45. The van der Waals surface area contributed by atoms with Gasteiger partial charge in [0.25, 0.3) is 0 Å². The van der Waals surface area contributed by atoms with Gasteiger partial charge in [-0.2, -0.15) is 0 Å². The molecule has 0 aliphatic rings. The zero-order chi connectivity index (χ0) is 13.2. The standard InChI is InChI=1S/C17H22O/c1-4-17(2,3)12-11-13-7-5-9-15-14(13)8-6-10-16(15)18/h5-10,18H,4,11-12H2,1-3H3. The Hall–Kier alpha value is -1.50. The molecule has 0 radical (unpaired) electrons. The van der Waals surface area contributed by atoms with Crippen molar-refractivity contribution in [1.82, 2.24) is 0 Å². The number of aryl methyl sites for hydroxylation is 1. The van der Waals surface area contributed by atoms with Crippen LogP contribution in [0.2, 0.25) is 0 Å². The fraction of sp³-hybridized carbons (Fsp3) is 0.412. The van der Waals surface area contributed by atoms with Crippen LogP contribution < -0.4 is 0 Å². The maximum atomic E-state index is 9.87. The lowest BCUT2D eigenvalue weighted by molar-refractivity contribution is 0.323. The third-order valence-corrected chi connectivity index (χ3v) is 4.02. The first-order valence-corrected chi connectivity index (χ1v) is 6.73. The largest absolute Gasteiger partial charge is 0.507 e. The number of rotatable bonds is 4. The molecule has 0 amide bonds. The van der Waals surface area contributed by atoms with Crippen LogP contribution in [-0.4, -0.2) is 5.11 Å². The van der Waals surface area contributed by atoms with Gasteiger partial charge in [0, 0.05) is 5.39 Å². The second-order valence-electron chi connectivity index (χ2n) is 5.81. The van der Waals surface area contributed by atoms with Crippen molar-refractivity contribution in [3.05, 3.63) is 42.0 Å². The molecule has 1 nitrogen and oxygen atoms in total. The van der Waals surface area contributed by atoms with E-state index in [0.29, 0.717) is 11.2 Å². The first-order chi connectivity index (χ1) is 8.53. The van der Waals surface area contributed by atoms with Crippen LogP contribution in [0, 0.1) is 5.41 Å². The van der Waals surface area contributed by atoms with Gasteiger partial charge in [0.1, 0.15) is 5.75 Å². The Labute approximate surface area is 109 Å². The summed E-state index contributed by atoms with van der Waals surface area (Å²) in [5.74, 6) is 0.379. The maximum absolute atomic E-state index is 9.87. The minimum absolute atomic E-state index is 0.379. The first-order valence-electron chi connectivity index (χ1n) is 6.73. The normalized spacial score (nSPS) is 11.9. The van der Waals surface area contributed by atoms with Crippen molar-refractivity contribution in [2.24, 2.45) is 5.41 Å². The average molecular weight is 242 g/mol. The summed E-state index contributed by atoms with van der Waals surface area (Å²) < 4.78 is 0. The third kappa shape index (κ3) is 2.66. The number of hydrogen-bond acceptors (Lipinski definition) is 1. The minimum atomic E-state index is 0.379. The van der Waals surface area contributed by atoms with Gasteiger partial charge in [-0.05, 0) is 35.3 Å². The summed E-state index contributed by atoms with van der Waals surface area (Å²) in [5, 5.41) is 12.0. The van der Waals surface area contributed by atoms with Gasteiger partial charge in [-0.25, -0.2) is 0 Å². The molecular weight excluding hydrogens is 220 g/mol. The van der Waals surface area contributed by atoms with Crippen LogP contribution >= 0.6 is 0 Å². The molecule has 0 spiro atoms. The lowest BCUT2D eigenvalue weighted by Crippen LogP contribution is -2.10. The highest BCUT2D eigenvalue weighted by molar-refractivity contribution is 5.90. The molecule has 18 heavy (non-hydrogen) atoms. The van der Waals surface area contributed by atoms with E-state index in [9.17, 15) is 5.11 Å². The molecule has 0 fully saturated rings. The molecule has 1 N–H and O–H groups in total. The minimum Gasteiger partial charge on any atom is -0.507 e. The Bertz CT molecular complexity index is 540. The summed E-state index contributed by atoms with van der Waals surface area (Å²) >= 11 is 0. The zero-order valence-corrected chi connectivity index (χ0v) is 11.5. The van der Waals surface area contributed by atoms with Crippen molar-refractivity contribution in [2.75, 3.05) is 0 Å². The summed E-state index contributed by atoms with van der Waals surface area (Å²) in [4.78, 5) is 0. The van der Waals surface area contributed by atoms with Gasteiger partial charge in [0.15, 0.2) is 0 Å². The monoisotopic (exact) mass is 242 g/mol. The number of aromatic hydroxyl groups is 1. The van der Waals surface area contributed by atoms with E-state index in [2.05, 4.69) is 32.9 Å². The van der Waals surface area contributed by atoms with Gasteiger partial charge >= 0.3 is 0 Å². The Morgan fingerprint density at radius 2 is 1.67 bits per heavy atom. The predicted octanol–water partition coefficient (Wildman–Crippen LogP) is 4.91. The fourth-order valence-corrected chi connectivity index (χ4v) is 2.23. The van der Waals surface area contributed by atoms with Gasteiger partial charge in [0.05, 0.1) is 0 Å². The fourth-order valence-electron chi connectivity index (χ4n) is 2.23. The molecule has 0 unspecified atom stereocenters. The summed E-state index contributed by atoms with van der Waals surface area (Å²) in [6, 6.07) is 12.0. The zero-order valence-electron chi connectivity index (χ0n) is 11.5. The molecule has 0 aliphatic heterocycles. The summed E-state index contributed by atoms with van der Waals surface area (Å²) in [6.45, 7) is 6.88. The second-order valence-corrected chi connectivity index (χ2v) is 5.81. The smallest absolute Gasteiger partial charge is 0.123 e. The van der Waals surface area contributed by atoms with E-state index in [-0.39, 0.29) is 0 Å². The van der Waals surface area contributed by atoms with Gasteiger partial charge in [-0.3, -0.25) is 0 Å². The Morgan fingerprint density at radius 3 is 2.39 bits per heavy atom. The van der Waals surface area contributed by atoms with Crippen molar-refractivity contribution in [3.8, 4) is 5.75 Å². The molecule has 0 saturated carbocycles. The first kappa shape index (κ1) is 12.9. The number of benzene rings is 2. The van der Waals surface area contributed by atoms with Crippen LogP contribution in [0.15, 0.2) is 36.4 Å². The highest BCUT2D eigenvalue weighted by atomic mass is 16.3. The molecule has 0 aliphatic carbocycles. The van der Waals surface area contributed by atoms with Crippen LogP contribution in [0.3, 0.4) is 0 Å². The second kappa shape index (κ2) is 5.01. The lowest BCUT2D eigenvalue weighted by atomic mass is 9.83. The molecule has 2 aromatic carbocycles. The quantitative estimate of drug-likeness (QED) is 0.807. The highest BCUT2D eigenvalue weighted by Gasteiger charge is 2.15. The third-order valence-electron chi connectivity index (χ3n) is 4.02. The number of hydrogen-bond donors (Lipinski definition) is 1. The van der Waals surface area contributed by atoms with E-state index in [4.69, 9.17) is 0 Å². The molecule has 0 atom stereocenters. The van der Waals surface area contributed by atoms with Crippen molar-refractivity contribution in [2.45, 2.75) is 40.0 Å². The Balaban J connectivity index is 2.32. The van der Waals surface area contributed by atoms with Crippen molar-refractivity contribution in [1.29, 1.82) is 0 Å². The van der Waals surface area contributed by atoms with Crippen molar-refractivity contribution in [3.63, 3.8) is 0 Å². The number of fused-ring (bicyclic) bond motifs is 1. The van der Waals surface area contributed by atoms with Crippen LogP contribution in [0.4, 0.5) is 0 Å². The van der Waals surface area contributed by atoms with Gasteiger partial charge < -0.3 is 5.11 Å². The molecule has 0 aromatic heterocycles. The molecule has 0 saturated heterocycles. The molecular formula is C17H22O. The van der Waals surface area contributed by atoms with Crippen LogP contribution in [0.25, 0.3) is 10.8 Å². The molecule has 0 heterocycles. The van der Waals surface area contributed by atoms with Crippen molar-refractivity contribution >= 4 is 10.8 Å². The average Bonchev–Trinajstić information content (AvgIpc) is 2.37. The predicted molar refractivity (Wildman–Crippen MR) is 78.0 cm³/mol. The van der Waals surface area contributed by atoms with Gasteiger partial charge in [0.2, 0.25) is 0 Å². The van der Waals surface area contributed by atoms with E-state index in [1.807, 2.05) is 18.2 Å². The van der Waals surface area contributed by atoms with Crippen LogP contribution in [0.5, 0.6) is 5.75 Å². The maximum Gasteiger partial charge on any atom is 0.123 e. The van der Waals surface area contributed by atoms with Crippen LogP contribution in [0.1, 0.15) is 39.2 Å². The van der Waals surface area contributed by atoms with E-state index >= 15 is 0 Å². The highest BCUT2D eigenvalue weighted by Crippen LogP contribution is 2.31. The number of phenolic OH excluding ortho intramolecular Hbond substituents is 1. The molecule has 2 aromatic rings. The molecule has 0 bridgehead atoms. The lowest BCUT2D eigenvalue weighted by Gasteiger charge is -2.22. The van der Waals surface area contributed by atoms with E-state index in [1.54, 1.807) is 6.07 Å². The molecule has 1 heteroatoms.